The summed E-state index contributed by atoms with van der Waals surface area (Å²) >= 11 is 0. The number of benzene rings is 2. The summed E-state index contributed by atoms with van der Waals surface area (Å²) in [4.78, 5) is 14.4. The van der Waals surface area contributed by atoms with Gasteiger partial charge in [-0.1, -0.05) is 6.07 Å². The molecule has 8 nitrogen and oxygen atoms in total. The predicted molar refractivity (Wildman–Crippen MR) is 110 cm³/mol. The maximum absolute atomic E-state index is 12.3. The van der Waals surface area contributed by atoms with Crippen LogP contribution in [0.1, 0.15) is 16.1 Å². The van der Waals surface area contributed by atoms with Crippen LogP contribution in [-0.4, -0.2) is 37.0 Å². The second kappa shape index (κ2) is 8.05. The Labute approximate surface area is 168 Å². The molecule has 2 aromatic carbocycles. The molecule has 2 heterocycles. The molecule has 4 rings (SSSR count). The number of aromatic nitrogens is 2. The van der Waals surface area contributed by atoms with Gasteiger partial charge in [0, 0.05) is 32.0 Å². The zero-order valence-electron chi connectivity index (χ0n) is 16.2. The van der Waals surface area contributed by atoms with Crippen LogP contribution in [0, 0.1) is 0 Å². The maximum Gasteiger partial charge on any atom is 0.272 e. The lowest BCUT2D eigenvalue weighted by molar-refractivity contribution is 0.0945. The molecule has 1 aliphatic rings. The first-order valence-corrected chi connectivity index (χ1v) is 9.13. The van der Waals surface area contributed by atoms with E-state index in [1.165, 1.54) is 0 Å². The molecule has 1 aliphatic heterocycles. The van der Waals surface area contributed by atoms with E-state index in [9.17, 15) is 4.79 Å². The van der Waals surface area contributed by atoms with Crippen molar-refractivity contribution in [3.63, 3.8) is 0 Å². The number of hydrogen-bond donors (Lipinski definition) is 2. The summed E-state index contributed by atoms with van der Waals surface area (Å²) in [5, 5.41) is 14.1. The minimum Gasteiger partial charge on any atom is -0.454 e. The Morgan fingerprint density at radius 3 is 2.52 bits per heavy atom. The zero-order chi connectivity index (χ0) is 20.2. The van der Waals surface area contributed by atoms with Gasteiger partial charge in [-0.15, -0.1) is 10.2 Å². The molecular weight excluding hydrogens is 370 g/mol. The van der Waals surface area contributed by atoms with Crippen LogP contribution in [0.25, 0.3) is 0 Å². The van der Waals surface area contributed by atoms with Crippen LogP contribution in [-0.2, 0) is 6.54 Å². The van der Waals surface area contributed by atoms with Gasteiger partial charge in [0.2, 0.25) is 6.79 Å². The van der Waals surface area contributed by atoms with Crippen molar-refractivity contribution in [3.05, 3.63) is 65.9 Å². The first-order valence-electron chi connectivity index (χ1n) is 9.13. The molecule has 0 radical (unpaired) electrons. The second-order valence-corrected chi connectivity index (χ2v) is 6.74. The lowest BCUT2D eigenvalue weighted by Crippen LogP contribution is -2.24. The van der Waals surface area contributed by atoms with Crippen molar-refractivity contribution in [1.29, 1.82) is 0 Å². The largest absolute Gasteiger partial charge is 0.454 e. The standard InChI is InChI=1S/C21H21N5O3/c1-26(2)16-6-4-15(5-7-16)23-20-10-8-17(24-25-20)21(27)22-12-14-3-9-18-19(11-14)29-13-28-18/h3-11H,12-13H2,1-2H3,(H,22,27)(H,23,25). The maximum atomic E-state index is 12.3. The highest BCUT2D eigenvalue weighted by molar-refractivity contribution is 5.92. The Morgan fingerprint density at radius 1 is 1.00 bits per heavy atom. The number of nitrogens with one attached hydrogen (secondary N) is 2. The number of hydrogen-bond acceptors (Lipinski definition) is 7. The van der Waals surface area contributed by atoms with Gasteiger partial charge in [-0.05, 0) is 54.1 Å². The molecule has 0 aliphatic carbocycles. The number of carbonyl (C=O) groups is 1. The van der Waals surface area contributed by atoms with E-state index in [0.717, 1.165) is 16.9 Å². The van der Waals surface area contributed by atoms with Gasteiger partial charge in [-0.3, -0.25) is 4.79 Å². The van der Waals surface area contributed by atoms with E-state index in [1.54, 1.807) is 12.1 Å². The van der Waals surface area contributed by atoms with Crippen LogP contribution in [0.15, 0.2) is 54.6 Å². The molecule has 8 heteroatoms. The Kier molecular flexibility index (Phi) is 5.15. The molecule has 0 unspecified atom stereocenters. The summed E-state index contributed by atoms with van der Waals surface area (Å²) in [5.74, 6) is 1.67. The van der Waals surface area contributed by atoms with Crippen molar-refractivity contribution < 1.29 is 14.3 Å². The minimum atomic E-state index is -0.294. The first-order chi connectivity index (χ1) is 14.1. The summed E-state index contributed by atoms with van der Waals surface area (Å²) in [6.07, 6.45) is 0. The van der Waals surface area contributed by atoms with E-state index in [1.807, 2.05) is 61.5 Å². The molecule has 0 saturated carbocycles. The highest BCUT2D eigenvalue weighted by Gasteiger charge is 2.14. The summed E-state index contributed by atoms with van der Waals surface area (Å²) < 4.78 is 10.6. The number of anilines is 3. The number of amides is 1. The number of ether oxygens (including phenoxy) is 2. The molecule has 3 aromatic rings. The minimum absolute atomic E-state index is 0.223. The number of carbonyl (C=O) groups excluding carboxylic acids is 1. The Balaban J connectivity index is 1.34. The fourth-order valence-corrected chi connectivity index (χ4v) is 2.83. The fraction of sp³-hybridized carbons (Fsp3) is 0.190. The summed E-state index contributed by atoms with van der Waals surface area (Å²) in [7, 11) is 3.98. The Bertz CT molecular complexity index is 1000. The third-order valence-corrected chi connectivity index (χ3v) is 4.44. The van der Waals surface area contributed by atoms with Crippen molar-refractivity contribution in [2.75, 3.05) is 31.1 Å². The molecule has 1 aromatic heterocycles. The number of nitrogens with zero attached hydrogens (tertiary/aromatic N) is 3. The molecule has 0 atom stereocenters. The summed E-state index contributed by atoms with van der Waals surface area (Å²) in [5.41, 5.74) is 3.16. The Morgan fingerprint density at radius 2 is 1.79 bits per heavy atom. The first kappa shape index (κ1) is 18.5. The number of fused-ring (bicyclic) bond motifs is 1. The normalized spacial score (nSPS) is 11.8. The van der Waals surface area contributed by atoms with Crippen LogP contribution in [0.2, 0.25) is 0 Å². The van der Waals surface area contributed by atoms with Gasteiger partial charge < -0.3 is 25.0 Å². The van der Waals surface area contributed by atoms with Gasteiger partial charge in [0.15, 0.2) is 23.0 Å². The molecule has 0 fully saturated rings. The lowest BCUT2D eigenvalue weighted by atomic mass is 10.2. The van der Waals surface area contributed by atoms with E-state index in [2.05, 4.69) is 20.8 Å². The highest BCUT2D eigenvalue weighted by Crippen LogP contribution is 2.32. The molecule has 0 bridgehead atoms. The lowest BCUT2D eigenvalue weighted by Gasteiger charge is -2.13. The van der Waals surface area contributed by atoms with E-state index >= 15 is 0 Å². The van der Waals surface area contributed by atoms with E-state index in [-0.39, 0.29) is 18.4 Å². The molecule has 2 N–H and O–H groups in total. The topological polar surface area (TPSA) is 88.6 Å². The van der Waals surface area contributed by atoms with Crippen molar-refractivity contribution in [2.45, 2.75) is 6.54 Å². The fourth-order valence-electron chi connectivity index (χ4n) is 2.83. The van der Waals surface area contributed by atoms with Gasteiger partial charge in [-0.25, -0.2) is 0 Å². The quantitative estimate of drug-likeness (QED) is 0.668. The van der Waals surface area contributed by atoms with Crippen molar-refractivity contribution in [3.8, 4) is 11.5 Å². The van der Waals surface area contributed by atoms with Gasteiger partial charge in [-0.2, -0.15) is 0 Å². The van der Waals surface area contributed by atoms with Gasteiger partial charge in [0.25, 0.3) is 5.91 Å². The predicted octanol–water partition coefficient (Wildman–Crippen LogP) is 2.94. The monoisotopic (exact) mass is 391 g/mol. The highest BCUT2D eigenvalue weighted by atomic mass is 16.7. The third-order valence-electron chi connectivity index (χ3n) is 4.44. The van der Waals surface area contributed by atoms with Crippen LogP contribution < -0.4 is 25.0 Å². The molecule has 0 spiro atoms. The summed E-state index contributed by atoms with van der Waals surface area (Å²) in [6.45, 7) is 0.580. The average Bonchev–Trinajstić information content (AvgIpc) is 3.21. The van der Waals surface area contributed by atoms with Crippen LogP contribution in [0.4, 0.5) is 17.2 Å². The van der Waals surface area contributed by atoms with Crippen molar-refractivity contribution in [1.82, 2.24) is 15.5 Å². The molecule has 148 valence electrons. The van der Waals surface area contributed by atoms with Crippen molar-refractivity contribution in [2.24, 2.45) is 0 Å². The van der Waals surface area contributed by atoms with Gasteiger partial charge >= 0.3 is 0 Å². The number of rotatable bonds is 6. The van der Waals surface area contributed by atoms with E-state index in [4.69, 9.17) is 9.47 Å². The SMILES string of the molecule is CN(C)c1ccc(Nc2ccc(C(=O)NCc3ccc4c(c3)OCO4)nn2)cc1. The van der Waals surface area contributed by atoms with E-state index < -0.39 is 0 Å². The molecule has 0 saturated heterocycles. The average molecular weight is 391 g/mol. The second-order valence-electron chi connectivity index (χ2n) is 6.74. The smallest absolute Gasteiger partial charge is 0.272 e. The van der Waals surface area contributed by atoms with E-state index in [0.29, 0.717) is 23.9 Å². The third kappa shape index (κ3) is 4.37. The van der Waals surface area contributed by atoms with Crippen LogP contribution in [0.5, 0.6) is 11.5 Å². The van der Waals surface area contributed by atoms with Crippen LogP contribution >= 0.6 is 0 Å². The molecule has 29 heavy (non-hydrogen) atoms. The summed E-state index contributed by atoms with van der Waals surface area (Å²) in [6, 6.07) is 16.9. The van der Waals surface area contributed by atoms with Crippen LogP contribution in [0.3, 0.4) is 0 Å². The molecule has 1 amide bonds. The van der Waals surface area contributed by atoms with Gasteiger partial charge in [0.1, 0.15) is 0 Å². The molecular formula is C21H21N5O3. The van der Waals surface area contributed by atoms with Crippen molar-refractivity contribution >= 4 is 23.1 Å². The van der Waals surface area contributed by atoms with Gasteiger partial charge in [0.05, 0.1) is 0 Å². The Hall–Kier alpha value is -3.81. The zero-order valence-corrected chi connectivity index (χ0v) is 16.2.